The van der Waals surface area contributed by atoms with Gasteiger partial charge in [0.2, 0.25) is 0 Å². The fourth-order valence-electron chi connectivity index (χ4n) is 2.72. The highest BCUT2D eigenvalue weighted by Crippen LogP contribution is 2.26. The second-order valence-electron chi connectivity index (χ2n) is 5.40. The Hall–Kier alpha value is -1.13. The highest BCUT2D eigenvalue weighted by atomic mass is 32.1. The Morgan fingerprint density at radius 1 is 1.53 bits per heavy atom. The number of hydrogen-bond acceptors (Lipinski definition) is 4. The van der Waals surface area contributed by atoms with Gasteiger partial charge in [-0.25, -0.2) is 4.98 Å². The summed E-state index contributed by atoms with van der Waals surface area (Å²) in [7, 11) is 0. The Morgan fingerprint density at radius 2 is 2.42 bits per heavy atom. The van der Waals surface area contributed by atoms with Gasteiger partial charge in [-0.15, -0.1) is 11.3 Å². The maximum atomic E-state index is 4.35. The van der Waals surface area contributed by atoms with Crippen molar-refractivity contribution in [1.82, 2.24) is 10.3 Å². The summed E-state index contributed by atoms with van der Waals surface area (Å²) in [6.07, 6.45) is 1.24. The summed E-state index contributed by atoms with van der Waals surface area (Å²) >= 11 is 1.72. The molecule has 2 heterocycles. The monoisotopic (exact) mass is 275 g/mol. The molecule has 102 valence electrons. The molecule has 1 N–H and O–H groups in total. The van der Waals surface area contributed by atoms with Crippen LogP contribution in [0.25, 0.3) is 10.2 Å². The van der Waals surface area contributed by atoms with Crippen LogP contribution < -0.4 is 10.2 Å². The molecule has 1 aromatic heterocycles. The standard InChI is InChI=1S/C15H21N3S/c1-3-11(2)14-9-18(7-6-16-14)12-4-5-13-15(8-12)19-10-17-13/h4-5,8,10-11,14,16H,3,6-7,9H2,1-2H3. The smallest absolute Gasteiger partial charge is 0.0813 e. The highest BCUT2D eigenvalue weighted by Gasteiger charge is 2.23. The maximum Gasteiger partial charge on any atom is 0.0813 e. The summed E-state index contributed by atoms with van der Waals surface area (Å²) in [4.78, 5) is 6.86. The lowest BCUT2D eigenvalue weighted by Gasteiger charge is -2.38. The number of aromatic nitrogens is 1. The maximum absolute atomic E-state index is 4.35. The first-order valence-corrected chi connectivity index (χ1v) is 7.97. The van der Waals surface area contributed by atoms with E-state index >= 15 is 0 Å². The zero-order valence-corrected chi connectivity index (χ0v) is 12.4. The van der Waals surface area contributed by atoms with Crippen LogP contribution in [0, 0.1) is 5.92 Å². The Kier molecular flexibility index (Phi) is 3.71. The second kappa shape index (κ2) is 5.47. The summed E-state index contributed by atoms with van der Waals surface area (Å²) in [5.74, 6) is 0.731. The molecule has 1 aliphatic heterocycles. The van der Waals surface area contributed by atoms with Crippen LogP contribution in [0.1, 0.15) is 20.3 Å². The minimum absolute atomic E-state index is 0.607. The first-order valence-electron chi connectivity index (χ1n) is 7.09. The van der Waals surface area contributed by atoms with Gasteiger partial charge in [0.05, 0.1) is 15.7 Å². The third kappa shape index (κ3) is 2.60. The summed E-state index contributed by atoms with van der Waals surface area (Å²) in [6, 6.07) is 7.24. The van der Waals surface area contributed by atoms with Gasteiger partial charge in [-0.3, -0.25) is 0 Å². The number of nitrogens with one attached hydrogen (secondary N) is 1. The van der Waals surface area contributed by atoms with Crippen LogP contribution in [-0.4, -0.2) is 30.7 Å². The molecule has 2 unspecified atom stereocenters. The van der Waals surface area contributed by atoms with Crippen LogP contribution in [0.3, 0.4) is 0 Å². The van der Waals surface area contributed by atoms with E-state index in [9.17, 15) is 0 Å². The molecule has 1 aliphatic rings. The van der Waals surface area contributed by atoms with Gasteiger partial charge in [0.1, 0.15) is 0 Å². The van der Waals surface area contributed by atoms with E-state index < -0.39 is 0 Å². The van der Waals surface area contributed by atoms with Crippen LogP contribution >= 0.6 is 11.3 Å². The van der Waals surface area contributed by atoms with Crippen LogP contribution in [0.2, 0.25) is 0 Å². The van der Waals surface area contributed by atoms with Crippen LogP contribution in [-0.2, 0) is 0 Å². The molecule has 0 saturated carbocycles. The second-order valence-corrected chi connectivity index (χ2v) is 6.28. The van der Waals surface area contributed by atoms with E-state index in [-0.39, 0.29) is 0 Å². The van der Waals surface area contributed by atoms with Crippen molar-refractivity contribution in [2.75, 3.05) is 24.5 Å². The van der Waals surface area contributed by atoms with Crippen molar-refractivity contribution < 1.29 is 0 Å². The normalized spacial score (nSPS) is 21.8. The Morgan fingerprint density at radius 3 is 3.26 bits per heavy atom. The molecular formula is C15H21N3S. The zero-order valence-electron chi connectivity index (χ0n) is 11.6. The number of rotatable bonds is 3. The van der Waals surface area contributed by atoms with Gasteiger partial charge >= 0.3 is 0 Å². The van der Waals surface area contributed by atoms with E-state index in [4.69, 9.17) is 0 Å². The molecule has 3 rings (SSSR count). The summed E-state index contributed by atoms with van der Waals surface area (Å²) < 4.78 is 1.29. The van der Waals surface area contributed by atoms with E-state index in [0.717, 1.165) is 31.1 Å². The zero-order chi connectivity index (χ0) is 13.2. The van der Waals surface area contributed by atoms with Gasteiger partial charge < -0.3 is 10.2 Å². The largest absolute Gasteiger partial charge is 0.369 e. The number of fused-ring (bicyclic) bond motifs is 1. The van der Waals surface area contributed by atoms with Gasteiger partial charge in [0, 0.05) is 31.4 Å². The van der Waals surface area contributed by atoms with Crippen LogP contribution in [0.15, 0.2) is 23.7 Å². The molecule has 0 spiro atoms. The average Bonchev–Trinajstić information content (AvgIpc) is 2.94. The number of piperazine rings is 1. The van der Waals surface area contributed by atoms with Crippen LogP contribution in [0.4, 0.5) is 5.69 Å². The first kappa shape index (κ1) is 12.9. The molecular weight excluding hydrogens is 254 g/mol. The number of hydrogen-bond donors (Lipinski definition) is 1. The quantitative estimate of drug-likeness (QED) is 0.933. The molecule has 1 saturated heterocycles. The number of benzene rings is 1. The molecule has 0 bridgehead atoms. The van der Waals surface area contributed by atoms with Crippen molar-refractivity contribution in [3.63, 3.8) is 0 Å². The summed E-state index contributed by atoms with van der Waals surface area (Å²) in [6.45, 7) is 7.90. The van der Waals surface area contributed by atoms with Crippen molar-refractivity contribution in [1.29, 1.82) is 0 Å². The van der Waals surface area contributed by atoms with Gasteiger partial charge in [-0.05, 0) is 24.1 Å². The molecule has 1 fully saturated rings. The fourth-order valence-corrected chi connectivity index (χ4v) is 3.43. The molecule has 19 heavy (non-hydrogen) atoms. The van der Waals surface area contributed by atoms with E-state index in [2.05, 4.69) is 47.2 Å². The number of anilines is 1. The van der Waals surface area contributed by atoms with Crippen molar-refractivity contribution in [2.24, 2.45) is 5.92 Å². The van der Waals surface area contributed by atoms with E-state index in [0.29, 0.717) is 6.04 Å². The topological polar surface area (TPSA) is 28.2 Å². The minimum Gasteiger partial charge on any atom is -0.369 e. The molecule has 0 radical (unpaired) electrons. The van der Waals surface area contributed by atoms with E-state index in [1.54, 1.807) is 11.3 Å². The predicted octanol–water partition coefficient (Wildman–Crippen LogP) is 3.12. The lowest BCUT2D eigenvalue weighted by Crippen LogP contribution is -2.53. The first-order chi connectivity index (χ1) is 9.28. The Bertz CT molecular complexity index is 551. The highest BCUT2D eigenvalue weighted by molar-refractivity contribution is 7.16. The Labute approximate surface area is 118 Å². The van der Waals surface area contributed by atoms with E-state index in [1.165, 1.54) is 16.8 Å². The third-order valence-electron chi connectivity index (χ3n) is 4.22. The fraction of sp³-hybridized carbons (Fsp3) is 0.533. The van der Waals surface area contributed by atoms with Gasteiger partial charge in [-0.2, -0.15) is 0 Å². The van der Waals surface area contributed by atoms with Crippen LogP contribution in [0.5, 0.6) is 0 Å². The van der Waals surface area contributed by atoms with Crippen molar-refractivity contribution in [3.05, 3.63) is 23.7 Å². The lowest BCUT2D eigenvalue weighted by atomic mass is 9.97. The molecule has 2 atom stereocenters. The average molecular weight is 275 g/mol. The number of thiazole rings is 1. The van der Waals surface area contributed by atoms with Gasteiger partial charge in [0.15, 0.2) is 0 Å². The number of nitrogens with zero attached hydrogens (tertiary/aromatic N) is 2. The SMILES string of the molecule is CCC(C)C1CN(c2ccc3ncsc3c2)CCN1. The van der Waals surface area contributed by atoms with Gasteiger partial charge in [0.25, 0.3) is 0 Å². The van der Waals surface area contributed by atoms with E-state index in [1.807, 2.05) is 5.51 Å². The third-order valence-corrected chi connectivity index (χ3v) is 5.01. The van der Waals surface area contributed by atoms with Crippen molar-refractivity contribution in [3.8, 4) is 0 Å². The molecule has 3 nitrogen and oxygen atoms in total. The van der Waals surface area contributed by atoms with Crippen molar-refractivity contribution in [2.45, 2.75) is 26.3 Å². The predicted molar refractivity (Wildman–Crippen MR) is 83.1 cm³/mol. The summed E-state index contributed by atoms with van der Waals surface area (Å²) in [5.41, 5.74) is 4.38. The molecule has 0 aliphatic carbocycles. The lowest BCUT2D eigenvalue weighted by molar-refractivity contribution is 0.342. The molecule has 2 aromatic rings. The van der Waals surface area contributed by atoms with Gasteiger partial charge in [-0.1, -0.05) is 20.3 Å². The Balaban J connectivity index is 1.80. The molecule has 1 aromatic carbocycles. The minimum atomic E-state index is 0.607. The van der Waals surface area contributed by atoms with Crippen molar-refractivity contribution >= 4 is 27.2 Å². The molecule has 0 amide bonds. The molecule has 4 heteroatoms. The summed E-state index contributed by atoms with van der Waals surface area (Å²) in [5, 5.41) is 3.65.